The molecule has 0 aliphatic carbocycles. The molecule has 3 aromatic rings. The van der Waals surface area contributed by atoms with Crippen LogP contribution in [-0.4, -0.2) is 36.8 Å². The molecule has 3 rings (SSSR count). The van der Waals surface area contributed by atoms with Gasteiger partial charge in [0.2, 0.25) is 5.91 Å². The first-order chi connectivity index (χ1) is 13.1. The van der Waals surface area contributed by atoms with Crippen molar-refractivity contribution in [3.8, 4) is 11.5 Å². The molecule has 0 saturated heterocycles. The molecule has 1 aromatic heterocycles. The van der Waals surface area contributed by atoms with Crippen LogP contribution in [0.4, 0.5) is 0 Å². The summed E-state index contributed by atoms with van der Waals surface area (Å²) < 4.78 is 15.8. The maximum atomic E-state index is 12.2. The highest BCUT2D eigenvalue weighted by Gasteiger charge is 2.12. The summed E-state index contributed by atoms with van der Waals surface area (Å²) in [4.78, 5) is 28.4. The number of methoxy groups -OCH3 is 2. The van der Waals surface area contributed by atoms with E-state index in [-0.39, 0.29) is 11.3 Å². The minimum atomic E-state index is -0.493. The number of hydrazine groups is 1. The highest BCUT2D eigenvalue weighted by Crippen LogP contribution is 2.23. The number of nitrogens with zero attached hydrogens (tertiary/aromatic N) is 1. The van der Waals surface area contributed by atoms with Gasteiger partial charge in [-0.15, -0.1) is 0 Å². The van der Waals surface area contributed by atoms with Gasteiger partial charge in [-0.25, -0.2) is 4.98 Å². The van der Waals surface area contributed by atoms with Crippen LogP contribution in [0, 0.1) is 0 Å². The zero-order valence-corrected chi connectivity index (χ0v) is 15.5. The van der Waals surface area contributed by atoms with Crippen molar-refractivity contribution < 1.29 is 23.5 Å². The number of hydrogen-bond donors (Lipinski definition) is 2. The molecule has 0 fully saturated rings. The molecule has 1 heterocycles. The molecule has 0 radical (unpaired) electrons. The van der Waals surface area contributed by atoms with Crippen molar-refractivity contribution in [1.29, 1.82) is 0 Å². The SMILES string of the molecule is COc1cc(OC)cc(C(=O)NNC(=O)CSc2nc3ccccc3o2)c1. The van der Waals surface area contributed by atoms with Gasteiger partial charge in [0.1, 0.15) is 17.0 Å². The number of fused-ring (bicyclic) bond motifs is 1. The number of nitrogens with one attached hydrogen (secondary N) is 2. The largest absolute Gasteiger partial charge is 0.497 e. The second-order valence-corrected chi connectivity index (χ2v) is 6.27. The minimum Gasteiger partial charge on any atom is -0.497 e. The average molecular weight is 387 g/mol. The predicted molar refractivity (Wildman–Crippen MR) is 99.9 cm³/mol. The van der Waals surface area contributed by atoms with Crippen LogP contribution in [0.2, 0.25) is 0 Å². The second-order valence-electron chi connectivity index (χ2n) is 5.34. The number of amides is 2. The van der Waals surface area contributed by atoms with Gasteiger partial charge in [-0.2, -0.15) is 0 Å². The van der Waals surface area contributed by atoms with E-state index in [4.69, 9.17) is 13.9 Å². The Kier molecular flexibility index (Phi) is 5.82. The summed E-state index contributed by atoms with van der Waals surface area (Å²) in [7, 11) is 2.98. The lowest BCUT2D eigenvalue weighted by molar-refractivity contribution is -0.119. The average Bonchev–Trinajstić information content (AvgIpc) is 3.13. The summed E-state index contributed by atoms with van der Waals surface area (Å²) in [6, 6.07) is 12.0. The van der Waals surface area contributed by atoms with Crippen molar-refractivity contribution in [1.82, 2.24) is 15.8 Å². The smallest absolute Gasteiger partial charge is 0.269 e. The van der Waals surface area contributed by atoms with Crippen LogP contribution >= 0.6 is 11.8 Å². The number of ether oxygens (including phenoxy) is 2. The predicted octanol–water partition coefficient (Wildman–Crippen LogP) is 2.40. The fraction of sp³-hybridized carbons (Fsp3) is 0.167. The summed E-state index contributed by atoms with van der Waals surface area (Å²) >= 11 is 1.13. The third kappa shape index (κ3) is 4.70. The molecule has 0 spiro atoms. The molecule has 0 bridgehead atoms. The molecule has 0 aliphatic rings. The van der Waals surface area contributed by atoms with E-state index in [9.17, 15) is 9.59 Å². The Labute approximate surface area is 159 Å². The molecule has 0 saturated carbocycles. The van der Waals surface area contributed by atoms with Crippen LogP contribution in [0.1, 0.15) is 10.4 Å². The van der Waals surface area contributed by atoms with E-state index < -0.39 is 11.8 Å². The summed E-state index contributed by atoms with van der Waals surface area (Å²) in [6.45, 7) is 0. The number of oxazole rings is 1. The zero-order chi connectivity index (χ0) is 19.2. The lowest BCUT2D eigenvalue weighted by Gasteiger charge is -2.09. The molecule has 2 amide bonds. The monoisotopic (exact) mass is 387 g/mol. The number of hydrogen-bond acceptors (Lipinski definition) is 7. The minimum absolute atomic E-state index is 0.0362. The summed E-state index contributed by atoms with van der Waals surface area (Å²) in [5.74, 6) is 0.0849. The van der Waals surface area contributed by atoms with Gasteiger partial charge in [0, 0.05) is 11.6 Å². The van der Waals surface area contributed by atoms with Crippen LogP contribution in [0.3, 0.4) is 0 Å². The van der Waals surface area contributed by atoms with Crippen molar-refractivity contribution in [3.63, 3.8) is 0 Å². The Balaban J connectivity index is 1.53. The summed E-state index contributed by atoms with van der Waals surface area (Å²) in [5, 5.41) is 0.384. The molecular formula is C18H17N3O5S. The van der Waals surface area contributed by atoms with E-state index in [2.05, 4.69) is 15.8 Å². The van der Waals surface area contributed by atoms with Gasteiger partial charge in [0.15, 0.2) is 5.58 Å². The van der Waals surface area contributed by atoms with E-state index in [0.717, 1.165) is 17.3 Å². The van der Waals surface area contributed by atoms with E-state index in [1.165, 1.54) is 26.4 Å². The van der Waals surface area contributed by atoms with Crippen molar-refractivity contribution in [2.45, 2.75) is 5.22 Å². The maximum absolute atomic E-state index is 12.2. The lowest BCUT2D eigenvalue weighted by Crippen LogP contribution is -2.42. The van der Waals surface area contributed by atoms with E-state index in [1.807, 2.05) is 18.2 Å². The van der Waals surface area contributed by atoms with Crippen molar-refractivity contribution in [3.05, 3.63) is 48.0 Å². The Morgan fingerprint density at radius 1 is 1.07 bits per heavy atom. The van der Waals surface area contributed by atoms with Gasteiger partial charge in [0.25, 0.3) is 11.1 Å². The number of aromatic nitrogens is 1. The topological polar surface area (TPSA) is 103 Å². The zero-order valence-electron chi connectivity index (χ0n) is 14.6. The number of carbonyl (C=O) groups is 2. The lowest BCUT2D eigenvalue weighted by atomic mass is 10.2. The van der Waals surface area contributed by atoms with Gasteiger partial charge in [-0.05, 0) is 24.3 Å². The normalized spacial score (nSPS) is 10.4. The van der Waals surface area contributed by atoms with Gasteiger partial charge in [-0.1, -0.05) is 23.9 Å². The van der Waals surface area contributed by atoms with Gasteiger partial charge >= 0.3 is 0 Å². The maximum Gasteiger partial charge on any atom is 0.269 e. The first-order valence-corrected chi connectivity index (χ1v) is 8.88. The Morgan fingerprint density at radius 3 is 2.44 bits per heavy atom. The third-order valence-corrected chi connectivity index (χ3v) is 4.36. The van der Waals surface area contributed by atoms with Crippen molar-refractivity contribution in [2.75, 3.05) is 20.0 Å². The molecule has 27 heavy (non-hydrogen) atoms. The molecule has 0 atom stereocenters. The molecule has 2 N–H and O–H groups in total. The van der Waals surface area contributed by atoms with Gasteiger partial charge in [-0.3, -0.25) is 20.4 Å². The first kappa shape index (κ1) is 18.6. The van der Waals surface area contributed by atoms with Crippen LogP contribution in [0.25, 0.3) is 11.1 Å². The molecule has 0 aliphatic heterocycles. The quantitative estimate of drug-likeness (QED) is 0.494. The Morgan fingerprint density at radius 2 is 1.78 bits per heavy atom. The van der Waals surface area contributed by atoms with Crippen LogP contribution in [0.5, 0.6) is 11.5 Å². The third-order valence-electron chi connectivity index (χ3n) is 3.53. The number of carbonyl (C=O) groups excluding carboxylic acids is 2. The fourth-order valence-electron chi connectivity index (χ4n) is 2.21. The number of rotatable bonds is 6. The Bertz CT molecular complexity index is 917. The molecule has 9 heteroatoms. The fourth-order valence-corrected chi connectivity index (χ4v) is 2.85. The second kappa shape index (κ2) is 8.45. The number of benzene rings is 2. The molecule has 140 valence electrons. The molecule has 2 aromatic carbocycles. The van der Waals surface area contributed by atoms with Crippen LogP contribution in [-0.2, 0) is 4.79 Å². The number of thioether (sulfide) groups is 1. The summed E-state index contributed by atoms with van der Waals surface area (Å²) in [5.41, 5.74) is 6.37. The van der Waals surface area contributed by atoms with Crippen LogP contribution in [0.15, 0.2) is 52.1 Å². The van der Waals surface area contributed by atoms with Crippen molar-refractivity contribution >= 4 is 34.7 Å². The van der Waals surface area contributed by atoms with Gasteiger partial charge < -0.3 is 13.9 Å². The highest BCUT2D eigenvalue weighted by molar-refractivity contribution is 7.99. The highest BCUT2D eigenvalue weighted by atomic mass is 32.2. The van der Waals surface area contributed by atoms with E-state index in [1.54, 1.807) is 12.1 Å². The van der Waals surface area contributed by atoms with E-state index >= 15 is 0 Å². The van der Waals surface area contributed by atoms with Crippen molar-refractivity contribution in [2.24, 2.45) is 0 Å². The number of para-hydroxylation sites is 2. The van der Waals surface area contributed by atoms with E-state index in [0.29, 0.717) is 22.3 Å². The molecular weight excluding hydrogens is 370 g/mol. The van der Waals surface area contributed by atoms with Gasteiger partial charge in [0.05, 0.1) is 20.0 Å². The molecule has 0 unspecified atom stereocenters. The Hall–Kier alpha value is -3.20. The summed E-state index contributed by atoms with van der Waals surface area (Å²) in [6.07, 6.45) is 0. The van der Waals surface area contributed by atoms with Crippen LogP contribution < -0.4 is 20.3 Å². The first-order valence-electron chi connectivity index (χ1n) is 7.89. The standard InChI is InChI=1S/C18H17N3O5S/c1-24-12-7-11(8-13(9-12)25-2)17(23)21-20-16(22)10-27-18-19-14-5-3-4-6-15(14)26-18/h3-9H,10H2,1-2H3,(H,20,22)(H,21,23). The molecule has 8 nitrogen and oxygen atoms in total.